The van der Waals surface area contributed by atoms with Gasteiger partial charge in [-0.05, 0) is 57.5 Å². The van der Waals surface area contributed by atoms with Gasteiger partial charge in [-0.3, -0.25) is 19.2 Å². The Kier molecular flexibility index (Phi) is 7.07. The zero-order valence-corrected chi connectivity index (χ0v) is 24.2. The lowest BCUT2D eigenvalue weighted by molar-refractivity contribution is -0.184. The SMILES string of the molecule is CC(=O)c1ccn(Cc2cc(N(C)C)c3c(c2O)C(O)=C2C(=O)[C@@]4(O)C(=O)C(C(N)=O)C(O)[C@H](N(C)C)[C@H]4C[C@H]2C3)c1. The third-order valence-corrected chi connectivity index (χ3v) is 9.14. The molecule has 0 bridgehead atoms. The number of Topliss-reactive ketones (excluding diaryl/α,β-unsaturated/α-hetero) is 3. The second-order valence-corrected chi connectivity index (χ2v) is 12.1. The lowest BCUT2D eigenvalue weighted by Crippen LogP contribution is -2.73. The number of likely N-dealkylation sites (N-methyl/N-ethyl adjacent to an activating group) is 1. The number of phenolic OH excluding ortho intramolecular Hbond substituents is 1. The highest BCUT2D eigenvalue weighted by atomic mass is 16.3. The van der Waals surface area contributed by atoms with Crippen LogP contribution in [0.1, 0.15) is 40.4 Å². The standard InChI is InChI=1S/C30H36N4O8/c1-13(35)14-6-7-34(11-14)12-16-10-19(32(2)3)17-8-15-9-18-23(33(4)5)26(38)22(29(31)41)28(40)30(18,42)27(39)20(15)25(37)21(17)24(16)36/h6-7,10-11,15,18,22-23,26,36-38,42H,8-9,12H2,1-5H3,(H2,31,41)/t15-,18-,22?,23-,26?,30-/m1/s1. The molecule has 12 nitrogen and oxygen atoms in total. The van der Waals surface area contributed by atoms with Crippen molar-refractivity contribution < 1.29 is 39.6 Å². The number of rotatable bonds is 6. The summed E-state index contributed by atoms with van der Waals surface area (Å²) in [6, 6.07) is 2.49. The number of nitrogens with zero attached hydrogens (tertiary/aromatic N) is 3. The molecule has 5 rings (SSSR count). The number of carbonyl (C=O) groups excluding carboxylic acids is 4. The van der Waals surface area contributed by atoms with E-state index >= 15 is 0 Å². The summed E-state index contributed by atoms with van der Waals surface area (Å²) in [4.78, 5) is 55.0. The number of amides is 1. The largest absolute Gasteiger partial charge is 0.507 e. The predicted octanol–water partition coefficient (Wildman–Crippen LogP) is 0.247. The summed E-state index contributed by atoms with van der Waals surface area (Å²) in [5.74, 6) is -7.90. The Balaban J connectivity index is 1.67. The number of hydrogen-bond acceptors (Lipinski definition) is 10. The fraction of sp³-hybridized carbons (Fsp3) is 0.467. The minimum absolute atomic E-state index is 0.0238. The smallest absolute Gasteiger partial charge is 0.230 e. The van der Waals surface area contributed by atoms with Gasteiger partial charge in [0.2, 0.25) is 11.7 Å². The summed E-state index contributed by atoms with van der Waals surface area (Å²) < 4.78 is 1.71. The van der Waals surface area contributed by atoms with Gasteiger partial charge < -0.3 is 40.5 Å². The fourth-order valence-electron chi connectivity index (χ4n) is 7.17. The number of aromatic hydroxyl groups is 1. The Morgan fingerprint density at radius 1 is 1.17 bits per heavy atom. The Morgan fingerprint density at radius 2 is 1.83 bits per heavy atom. The first-order valence-corrected chi connectivity index (χ1v) is 13.7. The second-order valence-electron chi connectivity index (χ2n) is 12.1. The van der Waals surface area contributed by atoms with Crippen molar-refractivity contribution >= 4 is 34.7 Å². The summed E-state index contributed by atoms with van der Waals surface area (Å²) in [6.07, 6.45) is 2.05. The van der Waals surface area contributed by atoms with Gasteiger partial charge in [-0.2, -0.15) is 0 Å². The molecule has 2 unspecified atom stereocenters. The van der Waals surface area contributed by atoms with Crippen LogP contribution in [0.15, 0.2) is 30.1 Å². The van der Waals surface area contributed by atoms with Crippen LogP contribution in [-0.4, -0.2) is 99.1 Å². The number of nitrogens with two attached hydrogens (primary N) is 1. The van der Waals surface area contributed by atoms with E-state index in [9.17, 15) is 39.6 Å². The minimum atomic E-state index is -2.71. The second kappa shape index (κ2) is 10.1. The van der Waals surface area contributed by atoms with Crippen molar-refractivity contribution in [2.75, 3.05) is 33.1 Å². The number of hydrogen-bond donors (Lipinski definition) is 5. The highest BCUT2D eigenvalue weighted by Crippen LogP contribution is 2.53. The third kappa shape index (κ3) is 4.16. The molecule has 12 heteroatoms. The molecule has 0 radical (unpaired) electrons. The highest BCUT2D eigenvalue weighted by Gasteiger charge is 2.67. The molecular formula is C30H36N4O8. The van der Waals surface area contributed by atoms with E-state index in [-0.39, 0.29) is 42.1 Å². The molecule has 2 saturated carbocycles. The minimum Gasteiger partial charge on any atom is -0.507 e. The molecule has 3 aliphatic rings. The van der Waals surface area contributed by atoms with Gasteiger partial charge in [0.1, 0.15) is 17.4 Å². The number of aliphatic hydroxyl groups is 3. The molecule has 1 heterocycles. The number of primary amides is 1. The van der Waals surface area contributed by atoms with Crippen LogP contribution >= 0.6 is 0 Å². The van der Waals surface area contributed by atoms with Crippen molar-refractivity contribution in [2.24, 2.45) is 23.5 Å². The van der Waals surface area contributed by atoms with Crippen LogP contribution in [0, 0.1) is 17.8 Å². The third-order valence-electron chi connectivity index (χ3n) is 9.14. The molecule has 6 atom stereocenters. The molecule has 1 aromatic heterocycles. The number of ketones is 3. The molecule has 2 fully saturated rings. The van der Waals surface area contributed by atoms with Gasteiger partial charge in [0.25, 0.3) is 0 Å². The number of phenols is 1. The van der Waals surface area contributed by atoms with Crippen LogP contribution in [-0.2, 0) is 27.3 Å². The van der Waals surface area contributed by atoms with E-state index in [1.54, 1.807) is 48.1 Å². The van der Waals surface area contributed by atoms with Crippen molar-refractivity contribution in [3.63, 3.8) is 0 Å². The van der Waals surface area contributed by atoms with Crippen LogP contribution in [0.4, 0.5) is 5.69 Å². The van der Waals surface area contributed by atoms with E-state index in [4.69, 9.17) is 5.73 Å². The molecule has 0 aliphatic heterocycles. The lowest BCUT2D eigenvalue weighted by atomic mass is 9.54. The number of aromatic nitrogens is 1. The number of aliphatic hydroxyl groups excluding tert-OH is 2. The maximum atomic E-state index is 14.1. The zero-order valence-electron chi connectivity index (χ0n) is 24.2. The molecular weight excluding hydrogens is 544 g/mol. The summed E-state index contributed by atoms with van der Waals surface area (Å²) in [5, 5.41) is 45.9. The van der Waals surface area contributed by atoms with Crippen molar-refractivity contribution in [2.45, 2.75) is 44.1 Å². The average molecular weight is 581 g/mol. The summed E-state index contributed by atoms with van der Waals surface area (Å²) in [5.41, 5.74) is 4.73. The van der Waals surface area contributed by atoms with Crippen molar-refractivity contribution in [1.29, 1.82) is 0 Å². The quantitative estimate of drug-likeness (QED) is 0.234. The molecule has 3 aliphatic carbocycles. The van der Waals surface area contributed by atoms with Crippen molar-refractivity contribution in [1.82, 2.24) is 9.47 Å². The van der Waals surface area contributed by atoms with E-state index < -0.39 is 58.7 Å². The number of carbonyl (C=O) groups is 4. The molecule has 2 aromatic rings. The maximum Gasteiger partial charge on any atom is 0.230 e. The first kappa shape index (κ1) is 29.5. The Bertz CT molecular complexity index is 1560. The number of benzene rings is 1. The van der Waals surface area contributed by atoms with Gasteiger partial charge in [-0.15, -0.1) is 0 Å². The molecule has 224 valence electrons. The van der Waals surface area contributed by atoms with Crippen LogP contribution < -0.4 is 10.6 Å². The van der Waals surface area contributed by atoms with Crippen molar-refractivity contribution in [3.8, 4) is 5.75 Å². The van der Waals surface area contributed by atoms with Crippen LogP contribution in [0.25, 0.3) is 5.76 Å². The van der Waals surface area contributed by atoms with E-state index in [1.165, 1.54) is 6.92 Å². The molecule has 0 spiro atoms. The predicted molar refractivity (Wildman–Crippen MR) is 152 cm³/mol. The molecule has 6 N–H and O–H groups in total. The van der Waals surface area contributed by atoms with E-state index in [2.05, 4.69) is 0 Å². The van der Waals surface area contributed by atoms with Crippen LogP contribution in [0.2, 0.25) is 0 Å². The Hall–Kier alpha value is -4.00. The maximum absolute atomic E-state index is 14.1. The monoisotopic (exact) mass is 580 g/mol. The summed E-state index contributed by atoms with van der Waals surface area (Å²) >= 11 is 0. The average Bonchev–Trinajstić information content (AvgIpc) is 3.36. The van der Waals surface area contributed by atoms with Gasteiger partial charge in [0.05, 0.1) is 18.2 Å². The fourth-order valence-corrected chi connectivity index (χ4v) is 7.17. The number of fused-ring (bicyclic) bond motifs is 3. The van der Waals surface area contributed by atoms with Gasteiger partial charge in [0, 0.05) is 60.8 Å². The summed E-state index contributed by atoms with van der Waals surface area (Å²) in [6.45, 7) is 1.60. The Morgan fingerprint density at radius 3 is 2.38 bits per heavy atom. The van der Waals surface area contributed by atoms with Gasteiger partial charge in [-0.1, -0.05) is 0 Å². The Labute approximate surface area is 242 Å². The van der Waals surface area contributed by atoms with Gasteiger partial charge >= 0.3 is 0 Å². The lowest BCUT2D eigenvalue weighted by Gasteiger charge is -2.53. The zero-order chi connectivity index (χ0) is 31.0. The van der Waals surface area contributed by atoms with E-state index in [1.807, 2.05) is 19.0 Å². The van der Waals surface area contributed by atoms with E-state index in [0.29, 0.717) is 22.4 Å². The van der Waals surface area contributed by atoms with Gasteiger partial charge in [0.15, 0.2) is 17.2 Å². The summed E-state index contributed by atoms with van der Waals surface area (Å²) in [7, 11) is 6.84. The normalized spacial score (nSPS) is 28.8. The first-order chi connectivity index (χ1) is 19.6. The molecule has 42 heavy (non-hydrogen) atoms. The number of anilines is 1. The first-order valence-electron chi connectivity index (χ1n) is 13.7. The van der Waals surface area contributed by atoms with E-state index in [0.717, 1.165) is 0 Å². The van der Waals surface area contributed by atoms with Gasteiger partial charge in [-0.25, -0.2) is 0 Å². The van der Waals surface area contributed by atoms with Crippen molar-refractivity contribution in [3.05, 3.63) is 52.4 Å². The molecule has 1 amide bonds. The topological polar surface area (TPSA) is 187 Å². The van der Waals surface area contributed by atoms with Crippen LogP contribution in [0.5, 0.6) is 5.75 Å². The highest BCUT2D eigenvalue weighted by molar-refractivity contribution is 6.25. The molecule has 1 aromatic carbocycles. The van der Waals surface area contributed by atoms with Crippen LogP contribution in [0.3, 0.4) is 0 Å². The molecule has 0 saturated heterocycles.